The maximum Gasteiger partial charge on any atom is 0.303 e. The van der Waals surface area contributed by atoms with Gasteiger partial charge in [-0.25, -0.2) is 4.98 Å². The van der Waals surface area contributed by atoms with E-state index in [4.69, 9.17) is 14.6 Å². The van der Waals surface area contributed by atoms with Crippen molar-refractivity contribution >= 4 is 28.6 Å². The lowest BCUT2D eigenvalue weighted by Gasteiger charge is -2.36. The quantitative estimate of drug-likeness (QED) is 0.298. The number of anilines is 1. The molecule has 2 heterocycles. The molecule has 1 aliphatic rings. The number of amides is 1. The maximum absolute atomic E-state index is 12.2. The first-order valence-electron chi connectivity index (χ1n) is 12.5. The molecule has 0 saturated carbocycles. The van der Waals surface area contributed by atoms with Gasteiger partial charge >= 0.3 is 5.97 Å². The number of aliphatic hydroxyl groups is 1. The molecule has 1 fully saturated rings. The molecule has 0 spiro atoms. The third-order valence-corrected chi connectivity index (χ3v) is 6.55. The Bertz CT molecular complexity index is 1420. The summed E-state index contributed by atoms with van der Waals surface area (Å²) in [5.41, 5.74) is 5.02. The van der Waals surface area contributed by atoms with Gasteiger partial charge in [0.1, 0.15) is 0 Å². The van der Waals surface area contributed by atoms with Crippen molar-refractivity contribution in [3.05, 3.63) is 95.8 Å². The van der Waals surface area contributed by atoms with Crippen LogP contribution in [-0.2, 0) is 32.2 Å². The fourth-order valence-electron chi connectivity index (χ4n) is 4.62. The highest BCUT2D eigenvalue weighted by molar-refractivity contribution is 5.92. The van der Waals surface area contributed by atoms with Crippen LogP contribution in [0.2, 0.25) is 0 Å². The third kappa shape index (κ3) is 6.08. The molecule has 3 N–H and O–H groups in total. The van der Waals surface area contributed by atoms with Crippen LogP contribution in [0.3, 0.4) is 0 Å². The highest BCUT2D eigenvalue weighted by Gasteiger charge is 2.32. The van der Waals surface area contributed by atoms with Gasteiger partial charge in [-0.1, -0.05) is 48.5 Å². The Labute approximate surface area is 219 Å². The van der Waals surface area contributed by atoms with Gasteiger partial charge in [0.05, 0.1) is 49.1 Å². The van der Waals surface area contributed by atoms with E-state index < -0.39 is 12.3 Å². The molecule has 0 unspecified atom stereocenters. The van der Waals surface area contributed by atoms with Gasteiger partial charge in [0.15, 0.2) is 6.29 Å². The second-order valence-electron chi connectivity index (χ2n) is 9.30. The van der Waals surface area contributed by atoms with Crippen LogP contribution in [0.5, 0.6) is 0 Å². The zero-order valence-corrected chi connectivity index (χ0v) is 20.7. The molecule has 9 nitrogen and oxygen atoms in total. The largest absolute Gasteiger partial charge is 0.481 e. The van der Waals surface area contributed by atoms with E-state index in [1.165, 1.54) is 0 Å². The van der Waals surface area contributed by atoms with Gasteiger partial charge in [0.2, 0.25) is 5.91 Å². The number of nitrogens with one attached hydrogen (secondary N) is 1. The summed E-state index contributed by atoms with van der Waals surface area (Å²) < 4.78 is 14.9. The summed E-state index contributed by atoms with van der Waals surface area (Å²) in [5.74, 6) is -1.39. The Balaban J connectivity index is 1.38. The lowest BCUT2D eigenvalue weighted by Crippen LogP contribution is -2.32. The van der Waals surface area contributed by atoms with Crippen molar-refractivity contribution in [2.75, 3.05) is 5.32 Å². The van der Waals surface area contributed by atoms with Crippen LogP contribution < -0.4 is 5.32 Å². The molecule has 1 aliphatic heterocycles. The number of carbonyl (C=O) groups excluding carboxylic acids is 1. The van der Waals surface area contributed by atoms with Gasteiger partial charge < -0.3 is 29.6 Å². The van der Waals surface area contributed by atoms with Crippen LogP contribution in [0.15, 0.2) is 79.1 Å². The number of imidazole rings is 1. The molecule has 0 aliphatic carbocycles. The summed E-state index contributed by atoms with van der Waals surface area (Å²) in [7, 11) is 0. The average Bonchev–Trinajstić information content (AvgIpc) is 3.34. The van der Waals surface area contributed by atoms with Crippen LogP contribution in [0.25, 0.3) is 11.0 Å². The van der Waals surface area contributed by atoms with E-state index in [0.717, 1.165) is 27.7 Å². The summed E-state index contributed by atoms with van der Waals surface area (Å²) in [4.78, 5) is 27.5. The number of benzene rings is 3. The van der Waals surface area contributed by atoms with Crippen molar-refractivity contribution in [2.24, 2.45) is 0 Å². The van der Waals surface area contributed by atoms with E-state index in [0.29, 0.717) is 18.7 Å². The Morgan fingerprint density at radius 2 is 1.79 bits per heavy atom. The number of nitrogens with zero attached hydrogens (tertiary/aromatic N) is 2. The molecule has 38 heavy (non-hydrogen) atoms. The number of carbonyl (C=O) groups is 2. The van der Waals surface area contributed by atoms with Crippen LogP contribution in [0, 0.1) is 0 Å². The molecular weight excluding hydrogens is 486 g/mol. The summed E-state index contributed by atoms with van der Waals surface area (Å²) in [6, 6.07) is 22.8. The second-order valence-corrected chi connectivity index (χ2v) is 9.30. The minimum atomic E-state index is -1.02. The van der Waals surface area contributed by atoms with Crippen LogP contribution in [0.1, 0.15) is 48.3 Å². The lowest BCUT2D eigenvalue weighted by molar-refractivity contribution is -0.252. The van der Waals surface area contributed by atoms with Crippen LogP contribution in [0.4, 0.5) is 5.69 Å². The van der Waals surface area contributed by atoms with Gasteiger partial charge in [-0.15, -0.1) is 0 Å². The normalized spacial score (nSPS) is 19.3. The summed E-state index contributed by atoms with van der Waals surface area (Å²) >= 11 is 0. The molecular formula is C29H29N3O6. The minimum absolute atomic E-state index is 0.0289. The van der Waals surface area contributed by atoms with Crippen molar-refractivity contribution in [1.29, 1.82) is 0 Å². The summed E-state index contributed by atoms with van der Waals surface area (Å²) in [5, 5.41) is 21.0. The van der Waals surface area contributed by atoms with Gasteiger partial charge in [-0.2, -0.15) is 0 Å². The number of hydrogen-bond acceptors (Lipinski definition) is 6. The van der Waals surface area contributed by atoms with Gasteiger partial charge in [-0.05, 0) is 35.4 Å². The Hall–Kier alpha value is -4.05. The standard InChI is InChI=1S/C29H29N3O6/c33-17-19-8-10-20(11-9-19)26-15-23(16-32-18-30-24-6-1-2-7-25(24)32)37-29(38-26)21-4-3-5-22(14-21)31-27(34)12-13-28(35)36/h1-11,14,18,23,26,29,33H,12-13,15-17H2,(H,31,34)(H,35,36)/t23-,26+,29+/m0/s1. The number of carboxylic acid groups (broad SMARTS) is 1. The molecule has 1 amide bonds. The third-order valence-electron chi connectivity index (χ3n) is 6.55. The first-order valence-corrected chi connectivity index (χ1v) is 12.5. The van der Waals surface area contributed by atoms with Crippen molar-refractivity contribution < 1.29 is 29.3 Å². The SMILES string of the molecule is O=C(O)CCC(=O)Nc1cccc([C@@H]2O[C@H](Cn3cnc4ccccc43)C[C@H](c3ccc(CO)cc3)O2)c1. The van der Waals surface area contributed by atoms with E-state index >= 15 is 0 Å². The summed E-state index contributed by atoms with van der Waals surface area (Å²) in [6.45, 7) is 0.552. The van der Waals surface area contributed by atoms with Crippen molar-refractivity contribution in [3.8, 4) is 0 Å². The molecule has 9 heteroatoms. The minimum Gasteiger partial charge on any atom is -0.481 e. The van der Waals surface area contributed by atoms with Crippen LogP contribution >= 0.6 is 0 Å². The first-order chi connectivity index (χ1) is 18.5. The second kappa shape index (κ2) is 11.6. The molecule has 1 aromatic heterocycles. The molecule has 4 aromatic rings. The monoisotopic (exact) mass is 515 g/mol. The number of ether oxygens (including phenoxy) is 2. The average molecular weight is 516 g/mol. The number of carboxylic acids is 1. The number of aromatic nitrogens is 2. The number of rotatable bonds is 9. The number of hydrogen-bond donors (Lipinski definition) is 3. The first kappa shape index (κ1) is 25.6. The number of para-hydroxylation sites is 2. The van der Waals surface area contributed by atoms with Crippen LogP contribution in [-0.4, -0.2) is 37.7 Å². The predicted molar refractivity (Wildman–Crippen MR) is 140 cm³/mol. The van der Waals surface area contributed by atoms with Crippen molar-refractivity contribution in [1.82, 2.24) is 9.55 Å². The number of aliphatic hydroxyl groups excluding tert-OH is 1. The maximum atomic E-state index is 12.2. The Morgan fingerprint density at radius 3 is 2.58 bits per heavy atom. The van der Waals surface area contributed by atoms with Gasteiger partial charge in [-0.3, -0.25) is 9.59 Å². The van der Waals surface area contributed by atoms with Crippen molar-refractivity contribution in [2.45, 2.75) is 50.9 Å². The fourth-order valence-corrected chi connectivity index (χ4v) is 4.62. The predicted octanol–water partition coefficient (Wildman–Crippen LogP) is 4.58. The lowest BCUT2D eigenvalue weighted by atomic mass is 10.00. The van der Waals surface area contributed by atoms with Gasteiger partial charge in [0, 0.05) is 24.1 Å². The smallest absolute Gasteiger partial charge is 0.303 e. The molecule has 0 radical (unpaired) electrons. The topological polar surface area (TPSA) is 123 Å². The van der Waals surface area contributed by atoms with Gasteiger partial charge in [0.25, 0.3) is 0 Å². The zero-order chi connectivity index (χ0) is 26.5. The molecule has 1 saturated heterocycles. The zero-order valence-electron chi connectivity index (χ0n) is 20.7. The highest BCUT2D eigenvalue weighted by atomic mass is 16.7. The molecule has 196 valence electrons. The number of aliphatic carboxylic acids is 1. The number of fused-ring (bicyclic) bond motifs is 1. The van der Waals surface area contributed by atoms with E-state index in [-0.39, 0.29) is 37.6 Å². The molecule has 3 aromatic carbocycles. The molecule has 3 atom stereocenters. The molecule has 0 bridgehead atoms. The highest BCUT2D eigenvalue weighted by Crippen LogP contribution is 2.39. The van der Waals surface area contributed by atoms with E-state index in [2.05, 4.69) is 14.9 Å². The van der Waals surface area contributed by atoms with Crippen molar-refractivity contribution in [3.63, 3.8) is 0 Å². The fraction of sp³-hybridized carbons (Fsp3) is 0.276. The molecule has 5 rings (SSSR count). The Kier molecular flexibility index (Phi) is 7.78. The summed E-state index contributed by atoms with van der Waals surface area (Å²) in [6.07, 6.45) is 0.953. The Morgan fingerprint density at radius 1 is 0.974 bits per heavy atom. The van der Waals surface area contributed by atoms with E-state index in [9.17, 15) is 14.7 Å². The van der Waals surface area contributed by atoms with E-state index in [1.807, 2.05) is 60.9 Å². The van der Waals surface area contributed by atoms with E-state index in [1.54, 1.807) is 18.2 Å².